The van der Waals surface area contributed by atoms with Crippen LogP contribution in [0.3, 0.4) is 0 Å². The minimum Gasteiger partial charge on any atom is -0.370 e. The van der Waals surface area contributed by atoms with E-state index in [9.17, 15) is 4.39 Å². The maximum atomic E-state index is 13.1. The first-order valence-corrected chi connectivity index (χ1v) is 5.42. The number of hydrogen-bond acceptors (Lipinski definition) is 2. The summed E-state index contributed by atoms with van der Waals surface area (Å²) in [6.07, 6.45) is 2.16. The molecule has 0 saturated heterocycles. The highest BCUT2D eigenvalue weighted by molar-refractivity contribution is 5.47. The molecule has 0 bridgehead atoms. The monoisotopic (exact) mass is 208 g/mol. The Kier molecular flexibility index (Phi) is 2.65. The Bertz CT molecular complexity index is 347. The van der Waals surface area contributed by atoms with Crippen LogP contribution in [0.25, 0.3) is 0 Å². The average Bonchev–Trinajstić information content (AvgIpc) is 2.93. The number of nitrogens with zero attached hydrogens (tertiary/aromatic N) is 1. The van der Waals surface area contributed by atoms with Gasteiger partial charge in [-0.3, -0.25) is 0 Å². The Hall–Kier alpha value is -1.09. The summed E-state index contributed by atoms with van der Waals surface area (Å²) in [5.74, 6) is -0.187. The first-order chi connectivity index (χ1) is 7.13. The smallest absolute Gasteiger partial charge is 0.125 e. The van der Waals surface area contributed by atoms with E-state index in [0.717, 1.165) is 31.6 Å². The molecule has 0 unspecified atom stereocenters. The van der Waals surface area contributed by atoms with Crippen LogP contribution in [0.2, 0.25) is 0 Å². The molecule has 1 saturated carbocycles. The van der Waals surface area contributed by atoms with Crippen molar-refractivity contribution in [1.29, 1.82) is 0 Å². The van der Waals surface area contributed by atoms with E-state index in [0.29, 0.717) is 0 Å². The molecule has 1 aromatic carbocycles. The van der Waals surface area contributed by atoms with Crippen molar-refractivity contribution < 1.29 is 4.39 Å². The van der Waals surface area contributed by atoms with Gasteiger partial charge in [-0.2, -0.15) is 0 Å². The minimum absolute atomic E-state index is 0.0255. The van der Waals surface area contributed by atoms with Gasteiger partial charge < -0.3 is 10.6 Å². The highest BCUT2D eigenvalue weighted by Crippen LogP contribution is 2.34. The van der Waals surface area contributed by atoms with Crippen LogP contribution in [0.15, 0.2) is 24.3 Å². The predicted octanol–water partition coefficient (Wildman–Crippen LogP) is 2.14. The van der Waals surface area contributed by atoms with Crippen LogP contribution in [0.4, 0.5) is 10.1 Å². The number of nitrogens with two attached hydrogens (primary N) is 1. The van der Waals surface area contributed by atoms with Crippen molar-refractivity contribution in [2.75, 3.05) is 18.0 Å². The summed E-state index contributed by atoms with van der Waals surface area (Å²) >= 11 is 0. The molecule has 2 N–H and O–H groups in total. The van der Waals surface area contributed by atoms with Crippen molar-refractivity contribution in [1.82, 2.24) is 0 Å². The fourth-order valence-corrected chi connectivity index (χ4v) is 1.76. The number of anilines is 1. The Morgan fingerprint density at radius 2 is 2.20 bits per heavy atom. The van der Waals surface area contributed by atoms with Crippen molar-refractivity contribution in [3.05, 3.63) is 30.1 Å². The fourth-order valence-electron chi connectivity index (χ4n) is 1.76. The minimum atomic E-state index is -0.187. The molecule has 0 amide bonds. The van der Waals surface area contributed by atoms with E-state index in [1.54, 1.807) is 12.1 Å². The zero-order chi connectivity index (χ0) is 10.9. The summed E-state index contributed by atoms with van der Waals surface area (Å²) in [7, 11) is 0. The summed E-state index contributed by atoms with van der Waals surface area (Å²) in [4.78, 5) is 2.13. The molecular formula is C12H17FN2. The first-order valence-electron chi connectivity index (χ1n) is 5.42. The van der Waals surface area contributed by atoms with Gasteiger partial charge in [-0.25, -0.2) is 4.39 Å². The Morgan fingerprint density at radius 1 is 1.47 bits per heavy atom. The Morgan fingerprint density at radius 3 is 2.73 bits per heavy atom. The maximum absolute atomic E-state index is 13.1. The van der Waals surface area contributed by atoms with Gasteiger partial charge in [-0.05, 0) is 38.0 Å². The third-order valence-corrected chi connectivity index (χ3v) is 2.95. The Balaban J connectivity index is 2.11. The van der Waals surface area contributed by atoms with Crippen LogP contribution in [-0.4, -0.2) is 18.6 Å². The normalized spacial score (nSPS) is 17.5. The molecule has 1 aromatic rings. The second kappa shape index (κ2) is 3.81. The zero-order valence-corrected chi connectivity index (χ0v) is 9.04. The van der Waals surface area contributed by atoms with E-state index < -0.39 is 0 Å². The molecule has 0 spiro atoms. The molecule has 3 heteroatoms. The van der Waals surface area contributed by atoms with Gasteiger partial charge in [0.05, 0.1) is 0 Å². The summed E-state index contributed by atoms with van der Waals surface area (Å²) in [5, 5.41) is 0. The van der Waals surface area contributed by atoms with Crippen LogP contribution in [0.1, 0.15) is 19.8 Å². The second-order valence-corrected chi connectivity index (χ2v) is 4.36. The molecule has 0 atom stereocenters. The van der Waals surface area contributed by atoms with E-state index in [1.807, 2.05) is 6.07 Å². The van der Waals surface area contributed by atoms with Crippen LogP contribution < -0.4 is 10.6 Å². The predicted molar refractivity (Wildman–Crippen MR) is 60.4 cm³/mol. The van der Waals surface area contributed by atoms with Gasteiger partial charge in [0.15, 0.2) is 0 Å². The molecule has 15 heavy (non-hydrogen) atoms. The lowest BCUT2D eigenvalue weighted by atomic mass is 10.2. The summed E-state index contributed by atoms with van der Waals surface area (Å²) < 4.78 is 13.1. The molecule has 1 aliphatic rings. The Labute approximate surface area is 89.9 Å². The maximum Gasteiger partial charge on any atom is 0.125 e. The molecule has 2 nitrogen and oxygen atoms in total. The largest absolute Gasteiger partial charge is 0.370 e. The number of likely N-dealkylation sites (N-methyl/N-ethyl adjacent to an activating group) is 1. The standard InChI is InChI=1S/C12H17FN2/c1-2-15(9-12(14)6-7-12)11-5-3-4-10(13)8-11/h3-5,8H,2,6-7,9,14H2,1H3. The third kappa shape index (κ3) is 2.48. The highest BCUT2D eigenvalue weighted by atomic mass is 19.1. The summed E-state index contributed by atoms with van der Waals surface area (Å²) in [6.45, 7) is 3.76. The van der Waals surface area contributed by atoms with Crippen LogP contribution in [0.5, 0.6) is 0 Å². The quantitative estimate of drug-likeness (QED) is 0.821. The van der Waals surface area contributed by atoms with Crippen LogP contribution in [-0.2, 0) is 0 Å². The number of benzene rings is 1. The van der Waals surface area contributed by atoms with E-state index in [4.69, 9.17) is 5.73 Å². The van der Waals surface area contributed by atoms with Gasteiger partial charge in [-0.15, -0.1) is 0 Å². The van der Waals surface area contributed by atoms with Gasteiger partial charge in [0, 0.05) is 24.3 Å². The molecule has 2 rings (SSSR count). The lowest BCUT2D eigenvalue weighted by Gasteiger charge is -2.26. The molecule has 1 fully saturated rings. The van der Waals surface area contributed by atoms with Gasteiger partial charge in [0.1, 0.15) is 5.82 Å². The van der Waals surface area contributed by atoms with E-state index in [-0.39, 0.29) is 11.4 Å². The topological polar surface area (TPSA) is 29.3 Å². The van der Waals surface area contributed by atoms with Crippen molar-refractivity contribution >= 4 is 5.69 Å². The van der Waals surface area contributed by atoms with E-state index >= 15 is 0 Å². The molecule has 1 aliphatic carbocycles. The van der Waals surface area contributed by atoms with Gasteiger partial charge in [0.2, 0.25) is 0 Å². The molecule has 0 heterocycles. The lowest BCUT2D eigenvalue weighted by Crippen LogP contribution is -2.39. The van der Waals surface area contributed by atoms with Crippen molar-refractivity contribution in [3.63, 3.8) is 0 Å². The van der Waals surface area contributed by atoms with Crippen molar-refractivity contribution in [2.45, 2.75) is 25.3 Å². The zero-order valence-electron chi connectivity index (χ0n) is 9.04. The molecule has 82 valence electrons. The summed E-state index contributed by atoms with van der Waals surface area (Å²) in [5.41, 5.74) is 6.96. The fraction of sp³-hybridized carbons (Fsp3) is 0.500. The van der Waals surface area contributed by atoms with Gasteiger partial charge in [0.25, 0.3) is 0 Å². The van der Waals surface area contributed by atoms with Crippen molar-refractivity contribution in [2.24, 2.45) is 5.73 Å². The van der Waals surface area contributed by atoms with Crippen LogP contribution in [0, 0.1) is 5.82 Å². The SMILES string of the molecule is CCN(CC1(N)CC1)c1cccc(F)c1. The molecule has 0 aliphatic heterocycles. The van der Waals surface area contributed by atoms with Gasteiger partial charge in [-0.1, -0.05) is 6.07 Å². The average molecular weight is 208 g/mol. The summed E-state index contributed by atoms with van der Waals surface area (Å²) in [6, 6.07) is 6.70. The molecular weight excluding hydrogens is 191 g/mol. The third-order valence-electron chi connectivity index (χ3n) is 2.95. The molecule has 0 aromatic heterocycles. The molecule has 0 radical (unpaired) electrons. The number of halogens is 1. The first kappa shape index (κ1) is 10.4. The van der Waals surface area contributed by atoms with E-state index in [2.05, 4.69) is 11.8 Å². The van der Waals surface area contributed by atoms with Gasteiger partial charge >= 0.3 is 0 Å². The van der Waals surface area contributed by atoms with E-state index in [1.165, 1.54) is 6.07 Å². The second-order valence-electron chi connectivity index (χ2n) is 4.36. The highest BCUT2D eigenvalue weighted by Gasteiger charge is 2.39. The number of hydrogen-bond donors (Lipinski definition) is 1. The van der Waals surface area contributed by atoms with Crippen molar-refractivity contribution in [3.8, 4) is 0 Å². The lowest BCUT2D eigenvalue weighted by molar-refractivity contribution is 0.618. The number of rotatable bonds is 4. The van der Waals surface area contributed by atoms with Crippen LogP contribution >= 0.6 is 0 Å².